The van der Waals surface area contributed by atoms with Crippen LogP contribution in [-0.4, -0.2) is 60.0 Å². The molecule has 3 heterocycles. The summed E-state index contributed by atoms with van der Waals surface area (Å²) in [6.45, 7) is 4.66. The van der Waals surface area contributed by atoms with Crippen LogP contribution in [-0.2, 0) is 4.79 Å². The molecule has 1 amide bonds. The van der Waals surface area contributed by atoms with E-state index in [1.165, 1.54) is 28.5 Å². The Balaban J connectivity index is 1.13. The van der Waals surface area contributed by atoms with Gasteiger partial charge in [-0.1, -0.05) is 78.1 Å². The predicted octanol–water partition coefficient (Wildman–Crippen LogP) is 5.59. The first-order chi connectivity index (χ1) is 18.2. The molecule has 0 bridgehead atoms. The van der Waals surface area contributed by atoms with Gasteiger partial charge >= 0.3 is 0 Å². The summed E-state index contributed by atoms with van der Waals surface area (Å²) >= 11 is 1.51. The summed E-state index contributed by atoms with van der Waals surface area (Å²) in [6, 6.07) is 26.5. The van der Waals surface area contributed by atoms with Gasteiger partial charge in [-0.15, -0.1) is 0 Å². The second-order valence-electron chi connectivity index (χ2n) is 9.95. The Labute approximate surface area is 221 Å². The molecule has 1 aromatic heterocycles. The van der Waals surface area contributed by atoms with Gasteiger partial charge in [0.15, 0.2) is 5.13 Å². The lowest BCUT2D eigenvalue weighted by molar-refractivity contribution is -0.137. The Bertz CT molecular complexity index is 1310. The number of para-hydroxylation sites is 1. The number of hydrogen-bond acceptors (Lipinski definition) is 5. The van der Waals surface area contributed by atoms with Crippen LogP contribution in [0.2, 0.25) is 0 Å². The van der Waals surface area contributed by atoms with Crippen LogP contribution < -0.4 is 4.90 Å². The number of thiazole rings is 1. The topological polar surface area (TPSA) is 39.7 Å². The van der Waals surface area contributed by atoms with Gasteiger partial charge in [-0.2, -0.15) is 0 Å². The third-order valence-corrected chi connectivity index (χ3v) is 8.70. The Hall–Kier alpha value is -3.29. The van der Waals surface area contributed by atoms with Crippen molar-refractivity contribution < 1.29 is 9.18 Å². The predicted molar refractivity (Wildman–Crippen MR) is 147 cm³/mol. The van der Waals surface area contributed by atoms with Gasteiger partial charge in [0.25, 0.3) is 0 Å². The number of halogens is 1. The molecule has 0 saturated carbocycles. The van der Waals surface area contributed by atoms with Crippen LogP contribution >= 0.6 is 11.3 Å². The lowest BCUT2D eigenvalue weighted by Crippen LogP contribution is -2.53. The monoisotopic (exact) mass is 514 g/mol. The largest absolute Gasteiger partial charge is 0.347 e. The Morgan fingerprint density at radius 3 is 2.19 bits per heavy atom. The number of fused-ring (bicyclic) bond motifs is 1. The first-order valence-corrected chi connectivity index (χ1v) is 13.9. The minimum atomic E-state index is -0.285. The molecule has 4 aromatic rings. The SMILES string of the molecule is O=C(C1CCCN(c2nc3c(F)cccc3s2)C1)N1CCN(C(c2ccccc2)c2ccccc2)CC1. The van der Waals surface area contributed by atoms with Crippen molar-refractivity contribution in [3.05, 3.63) is 95.8 Å². The number of piperidine rings is 1. The van der Waals surface area contributed by atoms with Gasteiger partial charge in [0, 0.05) is 39.3 Å². The minimum absolute atomic E-state index is 0.0452. The van der Waals surface area contributed by atoms with Crippen LogP contribution in [0, 0.1) is 11.7 Å². The summed E-state index contributed by atoms with van der Waals surface area (Å²) in [5, 5.41) is 0.816. The number of rotatable bonds is 5. The van der Waals surface area contributed by atoms with Crippen molar-refractivity contribution >= 4 is 32.6 Å². The first-order valence-electron chi connectivity index (χ1n) is 13.1. The number of piperazine rings is 1. The van der Waals surface area contributed by atoms with Gasteiger partial charge in [0.05, 0.1) is 16.7 Å². The molecule has 0 N–H and O–H groups in total. The van der Waals surface area contributed by atoms with E-state index < -0.39 is 0 Å². The van der Waals surface area contributed by atoms with E-state index >= 15 is 0 Å². The van der Waals surface area contributed by atoms with Gasteiger partial charge in [-0.25, -0.2) is 9.37 Å². The molecule has 6 rings (SSSR count). The molecule has 0 spiro atoms. The van der Waals surface area contributed by atoms with E-state index in [1.807, 2.05) is 6.07 Å². The van der Waals surface area contributed by atoms with Gasteiger partial charge in [0.1, 0.15) is 11.3 Å². The second kappa shape index (κ2) is 10.6. The summed E-state index contributed by atoms with van der Waals surface area (Å²) in [6.07, 6.45) is 1.84. The smallest absolute Gasteiger partial charge is 0.227 e. The van der Waals surface area contributed by atoms with Crippen LogP contribution in [0.1, 0.15) is 30.0 Å². The van der Waals surface area contributed by atoms with E-state index in [-0.39, 0.29) is 23.7 Å². The van der Waals surface area contributed by atoms with Crippen molar-refractivity contribution in [1.82, 2.24) is 14.8 Å². The van der Waals surface area contributed by atoms with Crippen LogP contribution in [0.15, 0.2) is 78.9 Å². The van der Waals surface area contributed by atoms with Crippen LogP contribution in [0.5, 0.6) is 0 Å². The van der Waals surface area contributed by atoms with E-state index in [9.17, 15) is 9.18 Å². The number of anilines is 1. The average molecular weight is 515 g/mol. The van der Waals surface area contributed by atoms with Crippen molar-refractivity contribution in [3.63, 3.8) is 0 Å². The fraction of sp³-hybridized carbons (Fsp3) is 0.333. The Kier molecular flexibility index (Phi) is 6.89. The first kappa shape index (κ1) is 24.1. The Morgan fingerprint density at radius 1 is 0.865 bits per heavy atom. The van der Waals surface area contributed by atoms with E-state index in [1.54, 1.807) is 6.07 Å². The average Bonchev–Trinajstić information content (AvgIpc) is 3.41. The standard InChI is InChI=1S/C30H31FN4OS/c31-25-14-7-15-26-27(25)32-30(37-26)35-16-8-13-24(21-35)29(36)34-19-17-33(18-20-34)28(22-9-3-1-4-10-22)23-11-5-2-6-12-23/h1-7,9-12,14-15,24,28H,8,13,16-21H2. The van der Waals surface area contributed by atoms with Gasteiger partial charge < -0.3 is 9.80 Å². The highest BCUT2D eigenvalue weighted by Gasteiger charge is 2.34. The zero-order valence-electron chi connectivity index (χ0n) is 20.8. The molecule has 1 atom stereocenters. The zero-order chi connectivity index (χ0) is 25.2. The molecule has 2 aliphatic heterocycles. The summed E-state index contributed by atoms with van der Waals surface area (Å²) < 4.78 is 15.0. The van der Waals surface area contributed by atoms with E-state index in [4.69, 9.17) is 0 Å². The molecule has 0 aliphatic carbocycles. The van der Waals surface area contributed by atoms with Crippen molar-refractivity contribution in [3.8, 4) is 0 Å². The van der Waals surface area contributed by atoms with Crippen molar-refractivity contribution in [2.45, 2.75) is 18.9 Å². The lowest BCUT2D eigenvalue weighted by Gasteiger charge is -2.42. The van der Waals surface area contributed by atoms with Crippen LogP contribution in [0.25, 0.3) is 10.2 Å². The molecular formula is C30H31FN4OS. The molecule has 0 radical (unpaired) electrons. The summed E-state index contributed by atoms with van der Waals surface area (Å²) in [7, 11) is 0. The van der Waals surface area contributed by atoms with Crippen LogP contribution in [0.4, 0.5) is 9.52 Å². The molecular weight excluding hydrogens is 483 g/mol. The molecule has 2 fully saturated rings. The molecule has 7 heteroatoms. The summed E-state index contributed by atoms with van der Waals surface area (Å²) in [5.74, 6) is -0.0874. The maximum absolute atomic E-state index is 14.2. The van der Waals surface area contributed by atoms with Gasteiger partial charge in [-0.3, -0.25) is 9.69 Å². The van der Waals surface area contributed by atoms with Crippen molar-refractivity contribution in [1.29, 1.82) is 0 Å². The summed E-state index contributed by atoms with van der Waals surface area (Å²) in [4.78, 5) is 24.9. The van der Waals surface area contributed by atoms with Gasteiger partial charge in [-0.05, 0) is 36.1 Å². The highest BCUT2D eigenvalue weighted by Crippen LogP contribution is 2.34. The van der Waals surface area contributed by atoms with Crippen molar-refractivity contribution in [2.24, 2.45) is 5.92 Å². The van der Waals surface area contributed by atoms with Crippen LogP contribution in [0.3, 0.4) is 0 Å². The van der Waals surface area contributed by atoms with E-state index in [0.29, 0.717) is 12.1 Å². The molecule has 2 aliphatic rings. The third-order valence-electron chi connectivity index (χ3n) is 7.62. The highest BCUT2D eigenvalue weighted by atomic mass is 32.1. The second-order valence-corrected chi connectivity index (χ2v) is 11.0. The third kappa shape index (κ3) is 4.98. The highest BCUT2D eigenvalue weighted by molar-refractivity contribution is 7.22. The quantitative estimate of drug-likeness (QED) is 0.348. The van der Waals surface area contributed by atoms with E-state index in [0.717, 1.165) is 55.4 Å². The Morgan fingerprint density at radius 2 is 1.54 bits per heavy atom. The molecule has 2 saturated heterocycles. The molecule has 190 valence electrons. The minimum Gasteiger partial charge on any atom is -0.347 e. The zero-order valence-corrected chi connectivity index (χ0v) is 21.6. The van der Waals surface area contributed by atoms with E-state index in [2.05, 4.69) is 80.3 Å². The maximum Gasteiger partial charge on any atom is 0.227 e. The van der Waals surface area contributed by atoms with Crippen molar-refractivity contribution in [2.75, 3.05) is 44.2 Å². The fourth-order valence-corrected chi connectivity index (χ4v) is 6.75. The number of aromatic nitrogens is 1. The fourth-order valence-electron chi connectivity index (χ4n) is 5.73. The normalized spacial score (nSPS) is 19.0. The lowest BCUT2D eigenvalue weighted by atomic mass is 9.95. The summed E-state index contributed by atoms with van der Waals surface area (Å²) in [5.41, 5.74) is 2.99. The number of benzene rings is 3. The number of nitrogens with zero attached hydrogens (tertiary/aromatic N) is 4. The number of amides is 1. The number of carbonyl (C=O) groups excluding carboxylic acids is 1. The maximum atomic E-state index is 14.2. The van der Waals surface area contributed by atoms with Gasteiger partial charge in [0.2, 0.25) is 5.91 Å². The number of hydrogen-bond donors (Lipinski definition) is 0. The molecule has 3 aromatic carbocycles. The number of carbonyl (C=O) groups is 1. The molecule has 1 unspecified atom stereocenters. The molecule has 5 nitrogen and oxygen atoms in total. The molecule has 37 heavy (non-hydrogen) atoms.